The second-order valence-corrected chi connectivity index (χ2v) is 7.65. The number of piperidine rings is 3. The van der Waals surface area contributed by atoms with Crippen LogP contribution < -0.4 is 10.6 Å². The molecule has 4 heterocycles. The van der Waals surface area contributed by atoms with Gasteiger partial charge in [-0.05, 0) is 37.8 Å². The summed E-state index contributed by atoms with van der Waals surface area (Å²) in [5.74, 6) is 0.756. The van der Waals surface area contributed by atoms with Crippen LogP contribution in [-0.2, 0) is 27.5 Å². The molecule has 142 valence electrons. The highest BCUT2D eigenvalue weighted by Gasteiger charge is 2.50. The highest BCUT2D eigenvalue weighted by atomic mass is 16.5. The molecule has 2 bridgehead atoms. The highest BCUT2D eigenvalue weighted by Crippen LogP contribution is 2.39. The predicted octanol–water partition coefficient (Wildman–Crippen LogP) is 0.161. The summed E-state index contributed by atoms with van der Waals surface area (Å²) >= 11 is 0. The molecular weight excluding hydrogens is 334 g/mol. The number of ether oxygens (including phenoxy) is 1. The van der Waals surface area contributed by atoms with Gasteiger partial charge >= 0.3 is 0 Å². The zero-order valence-electron chi connectivity index (χ0n) is 15.2. The first kappa shape index (κ1) is 17.5. The van der Waals surface area contributed by atoms with Crippen LogP contribution in [0.25, 0.3) is 0 Å². The summed E-state index contributed by atoms with van der Waals surface area (Å²) in [6.45, 7) is 2.57. The molecule has 3 aliphatic rings. The lowest BCUT2D eigenvalue weighted by Gasteiger charge is -2.53. The molecule has 0 unspecified atom stereocenters. The van der Waals surface area contributed by atoms with E-state index in [2.05, 4.69) is 20.8 Å². The van der Waals surface area contributed by atoms with Crippen LogP contribution in [-0.4, -0.2) is 59.2 Å². The molecule has 8 heteroatoms. The van der Waals surface area contributed by atoms with Gasteiger partial charge in [0.05, 0.1) is 24.5 Å². The van der Waals surface area contributed by atoms with Crippen molar-refractivity contribution >= 4 is 11.8 Å². The lowest BCUT2D eigenvalue weighted by Crippen LogP contribution is -2.67. The molecule has 1 aromatic heterocycles. The fourth-order valence-electron chi connectivity index (χ4n) is 4.86. The van der Waals surface area contributed by atoms with Crippen molar-refractivity contribution < 1.29 is 14.3 Å². The Hall–Kier alpha value is -1.93. The van der Waals surface area contributed by atoms with E-state index in [9.17, 15) is 9.59 Å². The minimum atomic E-state index is -0.363. The van der Waals surface area contributed by atoms with E-state index in [-0.39, 0.29) is 29.8 Å². The van der Waals surface area contributed by atoms with E-state index in [0.29, 0.717) is 25.5 Å². The van der Waals surface area contributed by atoms with Crippen molar-refractivity contribution in [2.75, 3.05) is 20.2 Å². The van der Waals surface area contributed by atoms with Crippen molar-refractivity contribution in [1.29, 1.82) is 0 Å². The molecule has 3 aliphatic heterocycles. The molecule has 0 aromatic carbocycles. The number of aromatic nitrogens is 2. The first-order chi connectivity index (χ1) is 12.7. The summed E-state index contributed by atoms with van der Waals surface area (Å²) < 4.78 is 5.06. The molecule has 0 spiro atoms. The van der Waals surface area contributed by atoms with Crippen LogP contribution in [0, 0.1) is 11.8 Å². The van der Waals surface area contributed by atoms with Gasteiger partial charge in [-0.1, -0.05) is 0 Å². The third kappa shape index (κ3) is 3.23. The van der Waals surface area contributed by atoms with E-state index < -0.39 is 0 Å². The third-order valence-corrected chi connectivity index (χ3v) is 5.94. The Balaban J connectivity index is 1.46. The number of methoxy groups -OCH3 is 1. The average Bonchev–Trinajstić information content (AvgIpc) is 3.09. The van der Waals surface area contributed by atoms with Gasteiger partial charge in [0, 0.05) is 32.0 Å². The van der Waals surface area contributed by atoms with Crippen LogP contribution in [0.4, 0.5) is 0 Å². The van der Waals surface area contributed by atoms with E-state index in [0.717, 1.165) is 43.7 Å². The lowest BCUT2D eigenvalue weighted by molar-refractivity contribution is -0.157. The van der Waals surface area contributed by atoms with E-state index in [4.69, 9.17) is 4.74 Å². The molecule has 1 aromatic rings. The SMILES string of the molecule is COCc1cc(CNC(=O)[C@H]2[C@@H]3CNC[C@@H](C3)[C@@H]3CCCC(=O)N32)[nH]n1. The van der Waals surface area contributed by atoms with Gasteiger partial charge < -0.3 is 20.3 Å². The van der Waals surface area contributed by atoms with E-state index >= 15 is 0 Å². The molecule has 0 radical (unpaired) electrons. The molecular formula is C18H27N5O3. The minimum absolute atomic E-state index is 0.0553. The van der Waals surface area contributed by atoms with Crippen molar-refractivity contribution in [1.82, 2.24) is 25.7 Å². The van der Waals surface area contributed by atoms with Gasteiger partial charge in [-0.25, -0.2) is 0 Å². The Bertz CT molecular complexity index is 676. The number of amides is 2. The van der Waals surface area contributed by atoms with Gasteiger partial charge in [-0.15, -0.1) is 0 Å². The summed E-state index contributed by atoms with van der Waals surface area (Å²) in [5.41, 5.74) is 1.64. The number of hydrogen-bond acceptors (Lipinski definition) is 5. The van der Waals surface area contributed by atoms with Crippen LogP contribution in [0.1, 0.15) is 37.1 Å². The quantitative estimate of drug-likeness (QED) is 0.694. The molecule has 3 saturated heterocycles. The molecule has 0 aliphatic carbocycles. The van der Waals surface area contributed by atoms with Crippen LogP contribution in [0.5, 0.6) is 0 Å². The topological polar surface area (TPSA) is 99.4 Å². The van der Waals surface area contributed by atoms with Crippen molar-refractivity contribution in [3.8, 4) is 0 Å². The Morgan fingerprint density at radius 1 is 1.42 bits per heavy atom. The summed E-state index contributed by atoms with van der Waals surface area (Å²) in [6.07, 6.45) is 3.54. The van der Waals surface area contributed by atoms with Gasteiger partial charge in [0.25, 0.3) is 0 Å². The molecule has 3 N–H and O–H groups in total. The third-order valence-electron chi connectivity index (χ3n) is 5.94. The van der Waals surface area contributed by atoms with Gasteiger partial charge in [-0.2, -0.15) is 5.10 Å². The van der Waals surface area contributed by atoms with Crippen LogP contribution >= 0.6 is 0 Å². The zero-order chi connectivity index (χ0) is 18.1. The molecule has 26 heavy (non-hydrogen) atoms. The summed E-state index contributed by atoms with van der Waals surface area (Å²) in [6, 6.07) is 1.73. The standard InChI is InChI=1S/C18H27N5O3/c1-26-10-14-6-13(21-22-14)9-20-18(25)17-12-5-11(7-19-8-12)15-3-2-4-16(24)23(15)17/h6,11-12,15,17,19H,2-5,7-10H2,1H3,(H,20,25)(H,21,22)/t11-,12+,15+,17-/m1/s1. The van der Waals surface area contributed by atoms with Crippen LogP contribution in [0.2, 0.25) is 0 Å². The number of fused-ring (bicyclic) bond motifs is 4. The average molecular weight is 361 g/mol. The Labute approximate surface area is 153 Å². The number of carbonyl (C=O) groups is 2. The largest absolute Gasteiger partial charge is 0.378 e. The van der Waals surface area contributed by atoms with Crippen molar-refractivity contribution in [2.45, 2.75) is 50.9 Å². The molecule has 3 fully saturated rings. The number of hydrogen-bond donors (Lipinski definition) is 3. The molecule has 2 amide bonds. The van der Waals surface area contributed by atoms with Gasteiger partial charge in [0.2, 0.25) is 11.8 Å². The van der Waals surface area contributed by atoms with Crippen molar-refractivity contribution in [2.24, 2.45) is 11.8 Å². The maximum atomic E-state index is 13.0. The summed E-state index contributed by atoms with van der Waals surface area (Å²) in [5, 5.41) is 13.5. The second-order valence-electron chi connectivity index (χ2n) is 7.65. The summed E-state index contributed by atoms with van der Waals surface area (Å²) in [4.78, 5) is 27.6. The molecule has 8 nitrogen and oxygen atoms in total. The monoisotopic (exact) mass is 361 g/mol. The fourth-order valence-corrected chi connectivity index (χ4v) is 4.86. The Morgan fingerprint density at radius 3 is 3.12 bits per heavy atom. The van der Waals surface area contributed by atoms with Crippen molar-refractivity contribution in [3.05, 3.63) is 17.5 Å². The van der Waals surface area contributed by atoms with Gasteiger partial charge in [0.1, 0.15) is 6.04 Å². The van der Waals surface area contributed by atoms with Gasteiger partial charge in [-0.3, -0.25) is 14.7 Å². The lowest BCUT2D eigenvalue weighted by atomic mass is 9.72. The Kier molecular flexibility index (Phi) is 4.95. The fraction of sp³-hybridized carbons (Fsp3) is 0.722. The first-order valence-corrected chi connectivity index (χ1v) is 9.49. The summed E-state index contributed by atoms with van der Waals surface area (Å²) in [7, 11) is 1.62. The minimum Gasteiger partial charge on any atom is -0.378 e. The Morgan fingerprint density at radius 2 is 2.27 bits per heavy atom. The van der Waals surface area contributed by atoms with Crippen LogP contribution in [0.3, 0.4) is 0 Å². The number of carbonyl (C=O) groups excluding carboxylic acids is 2. The predicted molar refractivity (Wildman–Crippen MR) is 93.9 cm³/mol. The maximum absolute atomic E-state index is 13.0. The normalized spacial score (nSPS) is 30.8. The molecule has 4 rings (SSSR count). The van der Waals surface area contributed by atoms with E-state index in [1.54, 1.807) is 7.11 Å². The number of nitrogens with zero attached hydrogens (tertiary/aromatic N) is 2. The smallest absolute Gasteiger partial charge is 0.243 e. The number of H-pyrrole nitrogens is 1. The highest BCUT2D eigenvalue weighted by molar-refractivity contribution is 5.89. The number of nitrogens with one attached hydrogen (secondary N) is 3. The molecule has 4 atom stereocenters. The van der Waals surface area contributed by atoms with E-state index in [1.165, 1.54) is 0 Å². The van der Waals surface area contributed by atoms with E-state index in [1.807, 2.05) is 11.0 Å². The first-order valence-electron chi connectivity index (χ1n) is 9.49. The maximum Gasteiger partial charge on any atom is 0.243 e. The van der Waals surface area contributed by atoms with Crippen LogP contribution in [0.15, 0.2) is 6.07 Å². The van der Waals surface area contributed by atoms with Crippen molar-refractivity contribution in [3.63, 3.8) is 0 Å². The zero-order valence-corrected chi connectivity index (χ0v) is 15.2. The second kappa shape index (κ2) is 7.36. The molecule has 0 saturated carbocycles. The van der Waals surface area contributed by atoms with Gasteiger partial charge in [0.15, 0.2) is 0 Å². The number of rotatable bonds is 5. The number of aromatic amines is 1.